The number of nitrogens with zero attached hydrogens (tertiary/aromatic N) is 2. The SMILES string of the molecule is CCOc1cc(/C=C2\SC(=Nc3ccccc3)N(C)C2=O)cc(Cl)c1O. The first kappa shape index (κ1) is 18.4. The second kappa shape index (κ2) is 7.85. The molecule has 1 amide bonds. The molecule has 1 saturated heterocycles. The highest BCUT2D eigenvalue weighted by Gasteiger charge is 2.30. The van der Waals surface area contributed by atoms with Crippen molar-refractivity contribution in [2.75, 3.05) is 13.7 Å². The van der Waals surface area contributed by atoms with E-state index in [9.17, 15) is 9.90 Å². The van der Waals surface area contributed by atoms with Gasteiger partial charge in [-0.1, -0.05) is 29.8 Å². The molecule has 7 heteroatoms. The van der Waals surface area contributed by atoms with Gasteiger partial charge in [-0.2, -0.15) is 0 Å². The van der Waals surface area contributed by atoms with E-state index < -0.39 is 0 Å². The molecule has 0 radical (unpaired) electrons. The van der Waals surface area contributed by atoms with E-state index >= 15 is 0 Å². The Morgan fingerprint density at radius 1 is 1.31 bits per heavy atom. The summed E-state index contributed by atoms with van der Waals surface area (Å²) in [4.78, 5) is 19.1. The number of benzene rings is 2. The number of thioether (sulfide) groups is 1. The summed E-state index contributed by atoms with van der Waals surface area (Å²) in [7, 11) is 1.69. The Bertz CT molecular complexity index is 897. The number of amides is 1. The fourth-order valence-corrected chi connectivity index (χ4v) is 3.56. The van der Waals surface area contributed by atoms with Crippen LogP contribution < -0.4 is 4.74 Å². The van der Waals surface area contributed by atoms with E-state index in [2.05, 4.69) is 4.99 Å². The van der Waals surface area contributed by atoms with Gasteiger partial charge < -0.3 is 9.84 Å². The summed E-state index contributed by atoms with van der Waals surface area (Å²) in [5.41, 5.74) is 1.45. The number of carbonyl (C=O) groups is 1. The summed E-state index contributed by atoms with van der Waals surface area (Å²) in [5.74, 6) is 0.0326. The van der Waals surface area contributed by atoms with Crippen LogP contribution in [0.15, 0.2) is 52.4 Å². The molecule has 26 heavy (non-hydrogen) atoms. The number of aromatic hydroxyl groups is 1. The highest BCUT2D eigenvalue weighted by Crippen LogP contribution is 2.38. The van der Waals surface area contributed by atoms with E-state index in [0.717, 1.165) is 5.69 Å². The van der Waals surface area contributed by atoms with Crippen LogP contribution in [0.25, 0.3) is 6.08 Å². The molecule has 3 rings (SSSR count). The number of amidine groups is 1. The molecule has 0 atom stereocenters. The first-order valence-corrected chi connectivity index (χ1v) is 9.15. The second-order valence-electron chi connectivity index (χ2n) is 5.49. The van der Waals surface area contributed by atoms with Gasteiger partial charge in [-0.3, -0.25) is 9.69 Å². The second-order valence-corrected chi connectivity index (χ2v) is 6.90. The number of ether oxygens (including phenoxy) is 1. The lowest BCUT2D eigenvalue weighted by Crippen LogP contribution is -2.23. The van der Waals surface area contributed by atoms with Crippen LogP contribution in [0.5, 0.6) is 11.5 Å². The molecule has 0 saturated carbocycles. The molecule has 0 spiro atoms. The molecule has 0 bridgehead atoms. The van der Waals surface area contributed by atoms with Crippen molar-refractivity contribution in [3.8, 4) is 11.5 Å². The van der Waals surface area contributed by atoms with Crippen LogP contribution in [0.3, 0.4) is 0 Å². The molecule has 0 aromatic heterocycles. The van der Waals surface area contributed by atoms with Crippen molar-refractivity contribution >= 4 is 46.2 Å². The predicted molar refractivity (Wildman–Crippen MR) is 106 cm³/mol. The fraction of sp³-hybridized carbons (Fsp3) is 0.158. The maximum absolute atomic E-state index is 12.5. The molecular weight excluding hydrogens is 372 g/mol. The fourth-order valence-electron chi connectivity index (χ4n) is 2.36. The molecule has 1 heterocycles. The summed E-state index contributed by atoms with van der Waals surface area (Å²) < 4.78 is 5.38. The minimum atomic E-state index is -0.146. The number of hydrogen-bond donors (Lipinski definition) is 1. The highest BCUT2D eigenvalue weighted by molar-refractivity contribution is 8.18. The van der Waals surface area contributed by atoms with Crippen LogP contribution in [0.1, 0.15) is 12.5 Å². The predicted octanol–water partition coefficient (Wildman–Crippen LogP) is 4.68. The highest BCUT2D eigenvalue weighted by atomic mass is 35.5. The van der Waals surface area contributed by atoms with E-state index in [-0.39, 0.29) is 22.4 Å². The van der Waals surface area contributed by atoms with Gasteiger partial charge >= 0.3 is 0 Å². The Morgan fingerprint density at radius 2 is 2.04 bits per heavy atom. The zero-order chi connectivity index (χ0) is 18.7. The number of likely N-dealkylation sites (N-methyl/N-ethyl adjacent to an activating group) is 1. The minimum absolute atomic E-state index is 0.107. The van der Waals surface area contributed by atoms with Crippen LogP contribution in [0.2, 0.25) is 5.02 Å². The molecule has 2 aromatic carbocycles. The molecule has 2 aromatic rings. The molecule has 1 aliphatic rings. The van der Waals surface area contributed by atoms with Crippen molar-refractivity contribution in [1.29, 1.82) is 0 Å². The number of phenols is 1. The third-order valence-electron chi connectivity index (χ3n) is 3.63. The summed E-state index contributed by atoms with van der Waals surface area (Å²) in [6.07, 6.45) is 1.71. The van der Waals surface area contributed by atoms with Gasteiger partial charge in [0.2, 0.25) is 0 Å². The van der Waals surface area contributed by atoms with Crippen molar-refractivity contribution in [2.45, 2.75) is 6.92 Å². The lowest BCUT2D eigenvalue weighted by Gasteiger charge is -2.08. The lowest BCUT2D eigenvalue weighted by molar-refractivity contribution is -0.121. The van der Waals surface area contributed by atoms with Gasteiger partial charge in [0.1, 0.15) is 0 Å². The molecular formula is C19H17ClN2O3S. The quantitative estimate of drug-likeness (QED) is 0.772. The number of hydrogen-bond acceptors (Lipinski definition) is 5. The molecule has 1 aliphatic heterocycles. The number of para-hydroxylation sites is 1. The van der Waals surface area contributed by atoms with Crippen LogP contribution in [-0.2, 0) is 4.79 Å². The molecule has 0 unspecified atom stereocenters. The topological polar surface area (TPSA) is 62.1 Å². The summed E-state index contributed by atoms with van der Waals surface area (Å²) in [5, 5.41) is 10.7. The number of aliphatic imine (C=N–C) groups is 1. The largest absolute Gasteiger partial charge is 0.503 e. The monoisotopic (exact) mass is 388 g/mol. The standard InChI is InChI=1S/C19H17ClN2O3S/c1-3-25-15-10-12(9-14(20)17(15)23)11-16-18(24)22(2)19(26-16)21-13-7-5-4-6-8-13/h4-11,23H,3H2,1-2H3/b16-11-,21-19?. The van der Waals surface area contributed by atoms with E-state index in [1.54, 1.807) is 25.3 Å². The van der Waals surface area contributed by atoms with Gasteiger partial charge in [0.05, 0.1) is 22.2 Å². The number of halogens is 1. The van der Waals surface area contributed by atoms with Gasteiger partial charge in [-0.05, 0) is 54.6 Å². The first-order valence-electron chi connectivity index (χ1n) is 7.96. The number of phenolic OH excluding ortho intramolecular Hbond substituents is 1. The van der Waals surface area contributed by atoms with Crippen LogP contribution in [0, 0.1) is 0 Å². The average molecular weight is 389 g/mol. The van der Waals surface area contributed by atoms with Gasteiger partial charge in [-0.25, -0.2) is 4.99 Å². The van der Waals surface area contributed by atoms with Gasteiger partial charge in [0, 0.05) is 7.05 Å². The van der Waals surface area contributed by atoms with Gasteiger partial charge in [0.15, 0.2) is 16.7 Å². The van der Waals surface area contributed by atoms with Crippen LogP contribution in [0.4, 0.5) is 5.69 Å². The Morgan fingerprint density at radius 3 is 2.73 bits per heavy atom. The molecule has 1 fully saturated rings. The summed E-state index contributed by atoms with van der Waals surface area (Å²) in [6.45, 7) is 2.21. The van der Waals surface area contributed by atoms with E-state index in [0.29, 0.717) is 22.2 Å². The summed E-state index contributed by atoms with van der Waals surface area (Å²) in [6, 6.07) is 12.7. The third kappa shape index (κ3) is 3.86. The minimum Gasteiger partial charge on any atom is -0.503 e. The average Bonchev–Trinajstić information content (AvgIpc) is 2.88. The van der Waals surface area contributed by atoms with Crippen LogP contribution >= 0.6 is 23.4 Å². The van der Waals surface area contributed by atoms with Crippen molar-refractivity contribution in [3.05, 3.63) is 58.0 Å². The Balaban J connectivity index is 1.92. The van der Waals surface area contributed by atoms with Gasteiger partial charge in [0.25, 0.3) is 5.91 Å². The molecule has 0 aliphatic carbocycles. The van der Waals surface area contributed by atoms with Crippen molar-refractivity contribution in [3.63, 3.8) is 0 Å². The number of carbonyl (C=O) groups excluding carboxylic acids is 1. The van der Waals surface area contributed by atoms with E-state index in [4.69, 9.17) is 16.3 Å². The molecule has 1 N–H and O–H groups in total. The maximum Gasteiger partial charge on any atom is 0.266 e. The van der Waals surface area contributed by atoms with E-state index in [1.165, 1.54) is 16.7 Å². The zero-order valence-corrected chi connectivity index (χ0v) is 15.8. The Labute approximate surface area is 160 Å². The Hall–Kier alpha value is -2.44. The van der Waals surface area contributed by atoms with Gasteiger partial charge in [-0.15, -0.1) is 0 Å². The third-order valence-corrected chi connectivity index (χ3v) is 4.98. The van der Waals surface area contributed by atoms with Crippen molar-refractivity contribution < 1.29 is 14.6 Å². The lowest BCUT2D eigenvalue weighted by atomic mass is 10.2. The molecule has 5 nitrogen and oxygen atoms in total. The molecule has 134 valence electrons. The Kier molecular flexibility index (Phi) is 5.54. The van der Waals surface area contributed by atoms with Crippen molar-refractivity contribution in [2.24, 2.45) is 4.99 Å². The maximum atomic E-state index is 12.5. The summed E-state index contributed by atoms with van der Waals surface area (Å²) >= 11 is 7.34. The number of rotatable bonds is 4. The smallest absolute Gasteiger partial charge is 0.266 e. The van der Waals surface area contributed by atoms with E-state index in [1.807, 2.05) is 37.3 Å². The normalized spacial score (nSPS) is 17.3. The van der Waals surface area contributed by atoms with Crippen molar-refractivity contribution in [1.82, 2.24) is 4.90 Å². The zero-order valence-electron chi connectivity index (χ0n) is 14.3. The first-order chi connectivity index (χ1) is 12.5. The van der Waals surface area contributed by atoms with Crippen LogP contribution in [-0.4, -0.2) is 34.7 Å².